The molecule has 2 saturated heterocycles. The summed E-state index contributed by atoms with van der Waals surface area (Å²) in [6.45, 7) is 2.33. The average Bonchev–Trinajstić information content (AvgIpc) is 3.02. The number of rotatable bonds is 3. The van der Waals surface area contributed by atoms with Crippen LogP contribution in [0.4, 0.5) is 0 Å². The summed E-state index contributed by atoms with van der Waals surface area (Å²) in [4.78, 5) is 26.0. The fourth-order valence-corrected chi connectivity index (χ4v) is 4.31. The van der Waals surface area contributed by atoms with Crippen LogP contribution in [0.1, 0.15) is 37.8 Å². The molecule has 6 nitrogen and oxygen atoms in total. The van der Waals surface area contributed by atoms with Gasteiger partial charge in [0.25, 0.3) is 0 Å². The molecule has 0 amide bonds. The van der Waals surface area contributed by atoms with Gasteiger partial charge in [-0.25, -0.2) is 0 Å². The molecule has 2 heterocycles. The van der Waals surface area contributed by atoms with E-state index in [0.29, 0.717) is 13.0 Å². The molecule has 0 aromatic heterocycles. The zero-order valence-electron chi connectivity index (χ0n) is 12.8. The zero-order chi connectivity index (χ0) is 16.0. The van der Waals surface area contributed by atoms with Crippen molar-refractivity contribution in [1.82, 2.24) is 4.90 Å². The SMILES string of the molecule is COC(=O)[C@]12CCCN1[C@@H](c1ccccc1)[C@@](C)([N+](=O)[O-])C2. The van der Waals surface area contributed by atoms with Gasteiger partial charge in [-0.1, -0.05) is 30.3 Å². The first-order valence-corrected chi connectivity index (χ1v) is 7.50. The van der Waals surface area contributed by atoms with Crippen LogP contribution in [0.3, 0.4) is 0 Å². The first-order chi connectivity index (χ1) is 10.5. The van der Waals surface area contributed by atoms with E-state index in [1.807, 2.05) is 35.2 Å². The predicted octanol–water partition coefficient (Wildman–Crippen LogP) is 2.17. The van der Waals surface area contributed by atoms with E-state index in [-0.39, 0.29) is 17.3 Å². The summed E-state index contributed by atoms with van der Waals surface area (Å²) < 4.78 is 4.99. The molecule has 0 unspecified atom stereocenters. The molecule has 0 radical (unpaired) electrons. The number of carbonyl (C=O) groups is 1. The van der Waals surface area contributed by atoms with E-state index >= 15 is 0 Å². The van der Waals surface area contributed by atoms with E-state index in [4.69, 9.17) is 4.74 Å². The first-order valence-electron chi connectivity index (χ1n) is 7.50. The van der Waals surface area contributed by atoms with Crippen molar-refractivity contribution in [2.75, 3.05) is 13.7 Å². The molecule has 1 aromatic rings. The maximum atomic E-state index is 12.4. The molecule has 2 aliphatic heterocycles. The van der Waals surface area contributed by atoms with Gasteiger partial charge in [-0.15, -0.1) is 0 Å². The third kappa shape index (κ3) is 1.86. The maximum Gasteiger partial charge on any atom is 0.326 e. The number of hydrogen-bond acceptors (Lipinski definition) is 5. The minimum Gasteiger partial charge on any atom is -0.468 e. The number of benzene rings is 1. The van der Waals surface area contributed by atoms with Crippen molar-refractivity contribution in [1.29, 1.82) is 0 Å². The van der Waals surface area contributed by atoms with E-state index in [2.05, 4.69) is 0 Å². The van der Waals surface area contributed by atoms with Gasteiger partial charge in [0, 0.05) is 24.8 Å². The minimum atomic E-state index is -1.20. The monoisotopic (exact) mass is 304 g/mol. The number of ether oxygens (including phenoxy) is 1. The van der Waals surface area contributed by atoms with Crippen molar-refractivity contribution >= 4 is 5.97 Å². The van der Waals surface area contributed by atoms with Crippen molar-refractivity contribution in [3.63, 3.8) is 0 Å². The summed E-state index contributed by atoms with van der Waals surface area (Å²) in [6.07, 6.45) is 1.66. The Hall–Kier alpha value is -1.95. The molecule has 0 spiro atoms. The maximum absolute atomic E-state index is 12.4. The van der Waals surface area contributed by atoms with Gasteiger partial charge < -0.3 is 4.74 Å². The summed E-state index contributed by atoms with van der Waals surface area (Å²) >= 11 is 0. The summed E-state index contributed by atoms with van der Waals surface area (Å²) in [6, 6.07) is 9.04. The number of methoxy groups -OCH3 is 1. The smallest absolute Gasteiger partial charge is 0.326 e. The van der Waals surface area contributed by atoms with Crippen LogP contribution in [-0.4, -0.2) is 40.5 Å². The lowest BCUT2D eigenvalue weighted by Crippen LogP contribution is -2.47. The Balaban J connectivity index is 2.13. The Morgan fingerprint density at radius 3 is 2.68 bits per heavy atom. The molecule has 3 rings (SSSR count). The van der Waals surface area contributed by atoms with E-state index in [1.54, 1.807) is 6.92 Å². The Morgan fingerprint density at radius 2 is 2.09 bits per heavy atom. The summed E-state index contributed by atoms with van der Waals surface area (Å²) in [5.41, 5.74) is -1.18. The molecule has 118 valence electrons. The van der Waals surface area contributed by atoms with Gasteiger partial charge in [0.2, 0.25) is 5.54 Å². The lowest BCUT2D eigenvalue weighted by atomic mass is 9.82. The summed E-state index contributed by atoms with van der Waals surface area (Å²) in [7, 11) is 1.35. The Labute approximate surface area is 129 Å². The highest BCUT2D eigenvalue weighted by atomic mass is 16.6. The van der Waals surface area contributed by atoms with Crippen molar-refractivity contribution in [3.05, 3.63) is 46.0 Å². The Morgan fingerprint density at radius 1 is 1.41 bits per heavy atom. The van der Waals surface area contributed by atoms with Gasteiger partial charge in [-0.2, -0.15) is 0 Å². The second kappa shape index (κ2) is 5.05. The first kappa shape index (κ1) is 15.0. The van der Waals surface area contributed by atoms with Crippen LogP contribution < -0.4 is 0 Å². The zero-order valence-corrected chi connectivity index (χ0v) is 12.8. The van der Waals surface area contributed by atoms with E-state index in [1.165, 1.54) is 7.11 Å². The molecular weight excluding hydrogens is 284 g/mol. The highest BCUT2D eigenvalue weighted by Gasteiger charge is 2.69. The molecule has 0 bridgehead atoms. The molecule has 1 aromatic carbocycles. The molecular formula is C16H20N2O4. The summed E-state index contributed by atoms with van der Waals surface area (Å²) in [5.74, 6) is -0.350. The largest absolute Gasteiger partial charge is 0.468 e. The van der Waals surface area contributed by atoms with Crippen LogP contribution in [0.15, 0.2) is 30.3 Å². The normalized spacial score (nSPS) is 34.4. The molecule has 22 heavy (non-hydrogen) atoms. The number of nitro groups is 1. The van der Waals surface area contributed by atoms with Crippen LogP contribution in [0.2, 0.25) is 0 Å². The van der Waals surface area contributed by atoms with E-state index in [9.17, 15) is 14.9 Å². The highest BCUT2D eigenvalue weighted by Crippen LogP contribution is 2.55. The van der Waals surface area contributed by atoms with Gasteiger partial charge in [0.05, 0.1) is 7.11 Å². The third-order valence-electron chi connectivity index (χ3n) is 5.19. The van der Waals surface area contributed by atoms with Gasteiger partial charge in [0.1, 0.15) is 11.6 Å². The Bertz CT molecular complexity index is 605. The average molecular weight is 304 g/mol. The van der Waals surface area contributed by atoms with Gasteiger partial charge in [0.15, 0.2) is 0 Å². The second-order valence-corrected chi connectivity index (χ2v) is 6.42. The molecule has 0 saturated carbocycles. The molecule has 2 fully saturated rings. The van der Waals surface area contributed by atoms with Gasteiger partial charge in [-0.05, 0) is 18.4 Å². The number of nitrogens with zero attached hydrogens (tertiary/aromatic N) is 2. The predicted molar refractivity (Wildman–Crippen MR) is 79.9 cm³/mol. The molecule has 0 N–H and O–H groups in total. The van der Waals surface area contributed by atoms with Gasteiger partial charge >= 0.3 is 5.97 Å². The van der Waals surface area contributed by atoms with Crippen LogP contribution in [0.5, 0.6) is 0 Å². The molecule has 2 aliphatic rings. The minimum absolute atomic E-state index is 0.194. The number of hydrogen-bond donors (Lipinski definition) is 0. The number of carbonyl (C=O) groups excluding carboxylic acids is 1. The number of fused-ring (bicyclic) bond motifs is 1. The van der Waals surface area contributed by atoms with Crippen molar-refractivity contribution in [2.45, 2.75) is 43.3 Å². The highest BCUT2D eigenvalue weighted by molar-refractivity contribution is 5.82. The Kier molecular flexibility index (Phi) is 3.44. The fourth-order valence-electron chi connectivity index (χ4n) is 4.31. The third-order valence-corrected chi connectivity index (χ3v) is 5.19. The van der Waals surface area contributed by atoms with Crippen LogP contribution in [0, 0.1) is 10.1 Å². The molecule has 3 atom stereocenters. The standard InChI is InChI=1S/C16H20N2O4/c1-15(18(20)21)11-16(14(19)22-2)9-6-10-17(16)13(15)12-7-4-3-5-8-12/h3-5,7-8,13H,6,9-11H2,1-2H3/t13-,15-,16+/m0/s1. The summed E-state index contributed by atoms with van der Waals surface area (Å²) in [5, 5.41) is 11.8. The number of esters is 1. The van der Waals surface area contributed by atoms with Crippen molar-refractivity contribution in [3.8, 4) is 0 Å². The van der Waals surface area contributed by atoms with Gasteiger partial charge in [-0.3, -0.25) is 19.8 Å². The lowest BCUT2D eigenvalue weighted by Gasteiger charge is -2.32. The lowest BCUT2D eigenvalue weighted by molar-refractivity contribution is -0.569. The van der Waals surface area contributed by atoms with E-state index in [0.717, 1.165) is 12.0 Å². The molecule has 0 aliphatic carbocycles. The van der Waals surface area contributed by atoms with Crippen LogP contribution >= 0.6 is 0 Å². The molecule has 6 heteroatoms. The van der Waals surface area contributed by atoms with Crippen LogP contribution in [0.25, 0.3) is 0 Å². The van der Waals surface area contributed by atoms with Crippen LogP contribution in [-0.2, 0) is 9.53 Å². The van der Waals surface area contributed by atoms with Crippen molar-refractivity contribution in [2.24, 2.45) is 0 Å². The van der Waals surface area contributed by atoms with Crippen molar-refractivity contribution < 1.29 is 14.5 Å². The topological polar surface area (TPSA) is 72.7 Å². The fraction of sp³-hybridized carbons (Fsp3) is 0.562. The quantitative estimate of drug-likeness (QED) is 0.486. The van der Waals surface area contributed by atoms with E-state index < -0.39 is 17.1 Å². The second-order valence-electron chi connectivity index (χ2n) is 6.42.